The van der Waals surface area contributed by atoms with Crippen LogP contribution in [0.25, 0.3) is 11.0 Å². The molecule has 0 atom stereocenters. The van der Waals surface area contributed by atoms with E-state index in [1.165, 1.54) is 0 Å². The number of halogens is 1. The van der Waals surface area contributed by atoms with Crippen LogP contribution in [-0.2, 0) is 0 Å². The molecular weight excluding hydrogens is 202 g/mol. The van der Waals surface area contributed by atoms with E-state index in [1.807, 2.05) is 6.07 Å². The zero-order valence-electron chi connectivity index (χ0n) is 7.33. The highest BCUT2D eigenvalue weighted by Crippen LogP contribution is 2.36. The first-order valence-corrected chi connectivity index (χ1v) is 4.90. The average Bonchev–Trinajstić information content (AvgIpc) is 2.91. The third-order valence-electron chi connectivity index (χ3n) is 2.51. The minimum absolute atomic E-state index is 0.0857. The Bertz CT molecular complexity index is 553. The number of nitrogens with one attached hydrogen (secondary N) is 1. The molecule has 5 heteroatoms. The molecule has 3 rings (SSSR count). The molecule has 2 heterocycles. The van der Waals surface area contributed by atoms with E-state index in [0.717, 1.165) is 18.4 Å². The van der Waals surface area contributed by atoms with Crippen LogP contribution < -0.4 is 5.69 Å². The third-order valence-corrected chi connectivity index (χ3v) is 2.79. The Morgan fingerprint density at radius 3 is 3.07 bits per heavy atom. The number of hydrogen-bond donors (Lipinski definition) is 1. The fourth-order valence-electron chi connectivity index (χ4n) is 1.72. The fourth-order valence-corrected chi connectivity index (χ4v) is 1.92. The maximum Gasteiger partial charge on any atom is 0.326 e. The van der Waals surface area contributed by atoms with Crippen molar-refractivity contribution in [2.24, 2.45) is 0 Å². The molecule has 1 saturated carbocycles. The monoisotopic (exact) mass is 209 g/mol. The SMILES string of the molecule is O=c1[nH]c2c(Cl)nccc2n1C1CC1. The average molecular weight is 210 g/mol. The zero-order valence-corrected chi connectivity index (χ0v) is 8.08. The van der Waals surface area contributed by atoms with Crippen LogP contribution in [0.1, 0.15) is 18.9 Å². The van der Waals surface area contributed by atoms with Gasteiger partial charge in [0.2, 0.25) is 0 Å². The van der Waals surface area contributed by atoms with Gasteiger partial charge in [-0.15, -0.1) is 0 Å². The number of pyridine rings is 1. The van der Waals surface area contributed by atoms with E-state index in [4.69, 9.17) is 11.6 Å². The van der Waals surface area contributed by atoms with E-state index in [2.05, 4.69) is 9.97 Å². The van der Waals surface area contributed by atoms with Crippen LogP contribution in [0, 0.1) is 0 Å². The molecular formula is C9H8ClN3O. The Kier molecular flexibility index (Phi) is 1.50. The summed E-state index contributed by atoms with van der Waals surface area (Å²) in [5.41, 5.74) is 1.42. The molecule has 0 saturated heterocycles. The number of aromatic nitrogens is 3. The van der Waals surface area contributed by atoms with E-state index < -0.39 is 0 Å². The van der Waals surface area contributed by atoms with Gasteiger partial charge in [0.05, 0.1) is 5.52 Å². The highest BCUT2D eigenvalue weighted by atomic mass is 35.5. The molecule has 2 aromatic heterocycles. The molecule has 0 amide bonds. The Morgan fingerprint density at radius 2 is 2.36 bits per heavy atom. The number of aromatic amines is 1. The van der Waals surface area contributed by atoms with Gasteiger partial charge in [0.15, 0.2) is 5.15 Å². The molecule has 4 nitrogen and oxygen atoms in total. The standard InChI is InChI=1S/C9H8ClN3O/c10-8-7-6(3-4-11-8)13(5-1-2-5)9(14)12-7/h3-5H,1-2H2,(H,12,14). The maximum absolute atomic E-state index is 11.6. The van der Waals surface area contributed by atoms with Gasteiger partial charge in [-0.05, 0) is 18.9 Å². The maximum atomic E-state index is 11.6. The smallest absolute Gasteiger partial charge is 0.303 e. The number of imidazole rings is 1. The summed E-state index contributed by atoms with van der Waals surface area (Å²) in [6.07, 6.45) is 3.77. The molecule has 2 aromatic rings. The predicted molar refractivity (Wildman–Crippen MR) is 53.6 cm³/mol. The normalized spacial score (nSPS) is 16.4. The highest BCUT2D eigenvalue weighted by molar-refractivity contribution is 6.33. The number of rotatable bonds is 1. The number of hydrogen-bond acceptors (Lipinski definition) is 2. The second kappa shape index (κ2) is 2.60. The summed E-state index contributed by atoms with van der Waals surface area (Å²) in [6.45, 7) is 0. The lowest BCUT2D eigenvalue weighted by atomic mass is 10.4. The summed E-state index contributed by atoms with van der Waals surface area (Å²) in [4.78, 5) is 18.2. The second-order valence-corrected chi connectivity index (χ2v) is 3.89. The number of H-pyrrole nitrogens is 1. The van der Waals surface area contributed by atoms with Crippen molar-refractivity contribution in [1.82, 2.24) is 14.5 Å². The molecule has 0 radical (unpaired) electrons. The van der Waals surface area contributed by atoms with Gasteiger partial charge < -0.3 is 4.98 Å². The number of nitrogens with zero attached hydrogens (tertiary/aromatic N) is 2. The van der Waals surface area contributed by atoms with Crippen LogP contribution in [0.2, 0.25) is 5.15 Å². The molecule has 1 aliphatic rings. The van der Waals surface area contributed by atoms with E-state index in [1.54, 1.807) is 10.8 Å². The van der Waals surface area contributed by atoms with Crippen LogP contribution in [0.3, 0.4) is 0 Å². The molecule has 72 valence electrons. The van der Waals surface area contributed by atoms with Crippen molar-refractivity contribution in [2.45, 2.75) is 18.9 Å². The molecule has 0 aliphatic heterocycles. The summed E-state index contributed by atoms with van der Waals surface area (Å²) < 4.78 is 1.77. The Hall–Kier alpha value is -1.29. The molecule has 0 spiro atoms. The van der Waals surface area contributed by atoms with Gasteiger partial charge in [0.25, 0.3) is 0 Å². The first-order valence-electron chi connectivity index (χ1n) is 4.52. The van der Waals surface area contributed by atoms with Crippen molar-refractivity contribution in [3.63, 3.8) is 0 Å². The first kappa shape index (κ1) is 8.05. The van der Waals surface area contributed by atoms with E-state index >= 15 is 0 Å². The van der Waals surface area contributed by atoms with E-state index in [0.29, 0.717) is 16.7 Å². The van der Waals surface area contributed by atoms with Gasteiger partial charge in [-0.1, -0.05) is 11.6 Å². The van der Waals surface area contributed by atoms with Crippen LogP contribution in [-0.4, -0.2) is 14.5 Å². The zero-order chi connectivity index (χ0) is 9.71. The van der Waals surface area contributed by atoms with Crippen molar-refractivity contribution in [2.75, 3.05) is 0 Å². The lowest BCUT2D eigenvalue weighted by Gasteiger charge is -1.98. The fraction of sp³-hybridized carbons (Fsp3) is 0.333. The van der Waals surface area contributed by atoms with Gasteiger partial charge in [0, 0.05) is 12.2 Å². The minimum atomic E-state index is -0.0857. The molecule has 14 heavy (non-hydrogen) atoms. The molecule has 0 aromatic carbocycles. The highest BCUT2D eigenvalue weighted by Gasteiger charge is 2.27. The van der Waals surface area contributed by atoms with E-state index in [9.17, 15) is 4.79 Å². The quantitative estimate of drug-likeness (QED) is 0.727. The van der Waals surface area contributed by atoms with Crippen LogP contribution in [0.5, 0.6) is 0 Å². The molecule has 1 fully saturated rings. The van der Waals surface area contributed by atoms with Crippen molar-refractivity contribution in [1.29, 1.82) is 0 Å². The topological polar surface area (TPSA) is 50.7 Å². The summed E-state index contributed by atoms with van der Waals surface area (Å²) in [7, 11) is 0. The second-order valence-electron chi connectivity index (χ2n) is 3.53. The van der Waals surface area contributed by atoms with Crippen LogP contribution in [0.15, 0.2) is 17.1 Å². The third kappa shape index (κ3) is 1.00. The van der Waals surface area contributed by atoms with Crippen LogP contribution >= 0.6 is 11.6 Å². The minimum Gasteiger partial charge on any atom is -0.303 e. The summed E-state index contributed by atoms with van der Waals surface area (Å²) >= 11 is 5.87. The predicted octanol–water partition coefficient (Wildman–Crippen LogP) is 1.71. The van der Waals surface area contributed by atoms with Crippen LogP contribution in [0.4, 0.5) is 0 Å². The molecule has 1 aliphatic carbocycles. The molecule has 0 bridgehead atoms. The summed E-state index contributed by atoms with van der Waals surface area (Å²) in [6, 6.07) is 2.17. The first-order chi connectivity index (χ1) is 6.77. The van der Waals surface area contributed by atoms with Gasteiger partial charge in [-0.25, -0.2) is 9.78 Å². The molecule has 1 N–H and O–H groups in total. The molecule has 0 unspecified atom stereocenters. The lowest BCUT2D eigenvalue weighted by Crippen LogP contribution is -2.14. The van der Waals surface area contributed by atoms with Gasteiger partial charge in [-0.3, -0.25) is 4.57 Å². The van der Waals surface area contributed by atoms with Gasteiger partial charge >= 0.3 is 5.69 Å². The van der Waals surface area contributed by atoms with Crippen molar-refractivity contribution in [3.05, 3.63) is 27.9 Å². The van der Waals surface area contributed by atoms with Crippen molar-refractivity contribution >= 4 is 22.6 Å². The van der Waals surface area contributed by atoms with Gasteiger partial charge in [0.1, 0.15) is 5.52 Å². The Balaban J connectivity index is 2.43. The van der Waals surface area contributed by atoms with Gasteiger partial charge in [-0.2, -0.15) is 0 Å². The number of fused-ring (bicyclic) bond motifs is 1. The van der Waals surface area contributed by atoms with E-state index in [-0.39, 0.29) is 5.69 Å². The van der Waals surface area contributed by atoms with Crippen molar-refractivity contribution in [3.8, 4) is 0 Å². The van der Waals surface area contributed by atoms with Crippen molar-refractivity contribution < 1.29 is 0 Å². The lowest BCUT2D eigenvalue weighted by molar-refractivity contribution is 0.733. The Morgan fingerprint density at radius 1 is 1.57 bits per heavy atom. The largest absolute Gasteiger partial charge is 0.326 e. The summed E-state index contributed by atoms with van der Waals surface area (Å²) in [5.74, 6) is 0. The Labute approximate surface area is 84.5 Å². The summed E-state index contributed by atoms with van der Waals surface area (Å²) in [5, 5.41) is 0.360.